The van der Waals surface area contributed by atoms with Crippen molar-refractivity contribution in [2.45, 2.75) is 31.4 Å². The lowest BCUT2D eigenvalue weighted by molar-refractivity contribution is -0.197. The molecule has 1 aliphatic rings. The lowest BCUT2D eigenvalue weighted by atomic mass is 9.64. The molecule has 5 heteroatoms. The van der Waals surface area contributed by atoms with Crippen LogP contribution in [0.25, 0.3) is 0 Å². The Balaban J connectivity index is 2.53. The van der Waals surface area contributed by atoms with Crippen LogP contribution in [0.5, 0.6) is 0 Å². The number of aliphatic hydroxyl groups is 1. The summed E-state index contributed by atoms with van der Waals surface area (Å²) in [6, 6.07) is 8.49. The first kappa shape index (κ1) is 14.5. The number of carbonyl (C=O) groups is 2. The minimum Gasteiger partial charge on any atom is -0.467 e. The summed E-state index contributed by atoms with van der Waals surface area (Å²) in [5.41, 5.74) is -2.91. The van der Waals surface area contributed by atoms with Gasteiger partial charge in [0.1, 0.15) is 0 Å². The van der Waals surface area contributed by atoms with Crippen molar-refractivity contribution in [2.75, 3.05) is 7.11 Å². The summed E-state index contributed by atoms with van der Waals surface area (Å²) >= 11 is 0. The van der Waals surface area contributed by atoms with E-state index in [9.17, 15) is 14.7 Å². The van der Waals surface area contributed by atoms with Gasteiger partial charge in [0.2, 0.25) is 5.60 Å². The van der Waals surface area contributed by atoms with Crippen molar-refractivity contribution in [2.24, 2.45) is 5.92 Å². The molecule has 108 valence electrons. The zero-order chi connectivity index (χ0) is 15.0. The van der Waals surface area contributed by atoms with E-state index in [1.165, 1.54) is 7.11 Å². The van der Waals surface area contributed by atoms with Gasteiger partial charge in [-0.2, -0.15) is 0 Å². The van der Waals surface area contributed by atoms with E-state index >= 15 is 0 Å². The maximum atomic E-state index is 12.2. The number of hydrogen-bond donors (Lipinski definition) is 2. The molecule has 1 heterocycles. The summed E-state index contributed by atoms with van der Waals surface area (Å²) in [5, 5.41) is 13.5. The Morgan fingerprint density at radius 3 is 2.40 bits per heavy atom. The largest absolute Gasteiger partial charge is 0.467 e. The van der Waals surface area contributed by atoms with E-state index in [4.69, 9.17) is 4.74 Å². The Hall–Kier alpha value is -1.88. The lowest BCUT2D eigenvalue weighted by Gasteiger charge is -2.53. The topological polar surface area (TPSA) is 75.6 Å². The Morgan fingerprint density at radius 1 is 1.35 bits per heavy atom. The Labute approximate surface area is 117 Å². The fraction of sp³-hybridized carbons (Fsp3) is 0.467. The molecule has 0 aliphatic carbocycles. The fourth-order valence-electron chi connectivity index (χ4n) is 2.83. The number of nitrogens with one attached hydrogen (secondary N) is 1. The van der Waals surface area contributed by atoms with Gasteiger partial charge in [-0.05, 0) is 17.9 Å². The van der Waals surface area contributed by atoms with Gasteiger partial charge in [-0.3, -0.25) is 4.79 Å². The summed E-state index contributed by atoms with van der Waals surface area (Å²) in [7, 11) is 1.25. The van der Waals surface area contributed by atoms with Gasteiger partial charge in [-0.1, -0.05) is 44.2 Å². The van der Waals surface area contributed by atoms with Crippen molar-refractivity contribution < 1.29 is 19.4 Å². The molecule has 0 radical (unpaired) electrons. The molecule has 1 aromatic carbocycles. The first-order valence-electron chi connectivity index (χ1n) is 6.57. The second kappa shape index (κ2) is 4.90. The van der Waals surface area contributed by atoms with Gasteiger partial charge >= 0.3 is 5.97 Å². The molecule has 0 unspecified atom stereocenters. The summed E-state index contributed by atoms with van der Waals surface area (Å²) in [4.78, 5) is 24.2. The maximum absolute atomic E-state index is 12.2. The monoisotopic (exact) mass is 277 g/mol. The first-order valence-corrected chi connectivity index (χ1v) is 6.57. The molecule has 20 heavy (non-hydrogen) atoms. The molecule has 2 N–H and O–H groups in total. The quantitative estimate of drug-likeness (QED) is 0.635. The highest BCUT2D eigenvalue weighted by Gasteiger charge is 2.71. The molecule has 1 amide bonds. The molecule has 1 saturated heterocycles. The van der Waals surface area contributed by atoms with E-state index in [0.29, 0.717) is 12.0 Å². The minimum atomic E-state index is -1.88. The van der Waals surface area contributed by atoms with E-state index in [1.54, 1.807) is 30.3 Å². The van der Waals surface area contributed by atoms with E-state index in [0.717, 1.165) is 0 Å². The van der Waals surface area contributed by atoms with E-state index in [2.05, 4.69) is 5.32 Å². The Kier molecular flexibility index (Phi) is 3.56. The van der Waals surface area contributed by atoms with E-state index in [1.807, 2.05) is 13.8 Å². The van der Waals surface area contributed by atoms with Gasteiger partial charge in [-0.25, -0.2) is 4.79 Å². The zero-order valence-corrected chi connectivity index (χ0v) is 11.8. The fourth-order valence-corrected chi connectivity index (χ4v) is 2.83. The average molecular weight is 277 g/mol. The smallest absolute Gasteiger partial charge is 0.335 e. The number of benzene rings is 1. The highest BCUT2D eigenvalue weighted by Crippen LogP contribution is 2.45. The highest BCUT2D eigenvalue weighted by molar-refractivity contribution is 6.06. The van der Waals surface area contributed by atoms with Crippen LogP contribution in [0.1, 0.15) is 25.8 Å². The van der Waals surface area contributed by atoms with Crippen molar-refractivity contribution in [3.63, 3.8) is 0 Å². The molecule has 2 atom stereocenters. The third kappa shape index (κ3) is 1.81. The Morgan fingerprint density at radius 2 is 1.95 bits per heavy atom. The number of hydrogen-bond acceptors (Lipinski definition) is 4. The molecule has 5 nitrogen and oxygen atoms in total. The molecule has 0 aromatic heterocycles. The second-order valence-corrected chi connectivity index (χ2v) is 5.53. The molecule has 2 rings (SSSR count). The molecule has 0 saturated carbocycles. The molecular formula is C15H19NO4. The van der Waals surface area contributed by atoms with Crippen LogP contribution in [0.3, 0.4) is 0 Å². The predicted octanol–water partition coefficient (Wildman–Crippen LogP) is 0.962. The first-order chi connectivity index (χ1) is 9.38. The van der Waals surface area contributed by atoms with Gasteiger partial charge in [-0.15, -0.1) is 0 Å². The minimum absolute atomic E-state index is 0.102. The standard InChI is InChI=1S/C15H19NO4/c1-10(2)9-14(13(18)20-3)15(19,12(17)16-14)11-7-5-4-6-8-11/h4-8,10,19H,9H2,1-3H3,(H,16,17)/t14-,15+/m0/s1. The van der Waals surface area contributed by atoms with Gasteiger partial charge in [0.15, 0.2) is 5.54 Å². The van der Waals surface area contributed by atoms with Crippen LogP contribution in [0.15, 0.2) is 30.3 Å². The normalized spacial score (nSPS) is 28.8. The van der Waals surface area contributed by atoms with Crippen molar-refractivity contribution >= 4 is 11.9 Å². The van der Waals surface area contributed by atoms with Gasteiger partial charge in [0.25, 0.3) is 5.91 Å². The van der Waals surface area contributed by atoms with Gasteiger partial charge in [0, 0.05) is 0 Å². The number of esters is 1. The summed E-state index contributed by atoms with van der Waals surface area (Å²) in [5.74, 6) is -1.10. The number of amides is 1. The summed E-state index contributed by atoms with van der Waals surface area (Å²) in [6.07, 6.45) is 0.302. The number of carbonyl (C=O) groups excluding carboxylic acids is 2. The van der Waals surface area contributed by atoms with Crippen LogP contribution in [0, 0.1) is 5.92 Å². The van der Waals surface area contributed by atoms with Crippen LogP contribution in [-0.2, 0) is 19.9 Å². The number of β-lactam (4-membered cyclic amide) rings is 1. The van der Waals surface area contributed by atoms with Crippen LogP contribution in [0.2, 0.25) is 0 Å². The van der Waals surface area contributed by atoms with Crippen molar-refractivity contribution in [1.29, 1.82) is 0 Å². The van der Waals surface area contributed by atoms with Gasteiger partial charge in [0.05, 0.1) is 7.11 Å². The van der Waals surface area contributed by atoms with E-state index < -0.39 is 23.0 Å². The summed E-state index contributed by atoms with van der Waals surface area (Å²) in [6.45, 7) is 3.83. The highest BCUT2D eigenvalue weighted by atomic mass is 16.5. The number of rotatable bonds is 4. The van der Waals surface area contributed by atoms with Crippen molar-refractivity contribution in [1.82, 2.24) is 5.32 Å². The third-order valence-electron chi connectivity index (χ3n) is 3.71. The number of ether oxygens (including phenoxy) is 1. The average Bonchev–Trinajstić information content (AvgIpc) is 2.45. The van der Waals surface area contributed by atoms with Crippen LogP contribution in [-0.4, -0.2) is 29.6 Å². The SMILES string of the molecule is COC(=O)[C@]1(CC(C)C)NC(=O)[C@]1(O)c1ccccc1. The van der Waals surface area contributed by atoms with Crippen molar-refractivity contribution in [3.05, 3.63) is 35.9 Å². The molecular weight excluding hydrogens is 258 g/mol. The second-order valence-electron chi connectivity index (χ2n) is 5.53. The number of methoxy groups -OCH3 is 1. The Bertz CT molecular complexity index is 528. The molecule has 1 aliphatic heterocycles. The molecule has 1 fully saturated rings. The zero-order valence-electron chi connectivity index (χ0n) is 11.8. The predicted molar refractivity (Wildman–Crippen MR) is 72.7 cm³/mol. The van der Waals surface area contributed by atoms with E-state index in [-0.39, 0.29) is 5.92 Å². The van der Waals surface area contributed by atoms with Crippen LogP contribution >= 0.6 is 0 Å². The van der Waals surface area contributed by atoms with Crippen LogP contribution in [0.4, 0.5) is 0 Å². The summed E-state index contributed by atoms with van der Waals surface area (Å²) < 4.78 is 4.81. The van der Waals surface area contributed by atoms with Crippen LogP contribution < -0.4 is 5.32 Å². The van der Waals surface area contributed by atoms with Gasteiger partial charge < -0.3 is 15.2 Å². The third-order valence-corrected chi connectivity index (χ3v) is 3.71. The maximum Gasteiger partial charge on any atom is 0.335 e. The lowest BCUT2D eigenvalue weighted by Crippen LogP contribution is -2.82. The molecule has 0 spiro atoms. The van der Waals surface area contributed by atoms with Crippen molar-refractivity contribution in [3.8, 4) is 0 Å². The molecule has 0 bridgehead atoms. The molecule has 1 aromatic rings.